The first-order valence-corrected chi connectivity index (χ1v) is 8.07. The van der Waals surface area contributed by atoms with Crippen LogP contribution in [-0.4, -0.2) is 18.5 Å². The number of carbonyl (C=O) groups excluding carboxylic acids is 2. The summed E-state index contributed by atoms with van der Waals surface area (Å²) in [6.45, 7) is 5.75. The second kappa shape index (κ2) is 7.49. The first-order valence-electron chi connectivity index (χ1n) is 7.69. The van der Waals surface area contributed by atoms with Crippen molar-refractivity contribution in [2.45, 2.75) is 26.2 Å². The molecule has 2 aromatic rings. The van der Waals surface area contributed by atoms with Gasteiger partial charge in [0.05, 0.1) is 17.6 Å². The molecular formula is C19H20ClNO3. The van der Waals surface area contributed by atoms with Crippen molar-refractivity contribution >= 4 is 29.2 Å². The predicted molar refractivity (Wildman–Crippen MR) is 95.5 cm³/mol. The summed E-state index contributed by atoms with van der Waals surface area (Å²) in [6.07, 6.45) is 0. The fraction of sp³-hybridized carbons (Fsp3) is 0.263. The molecule has 0 unspecified atom stereocenters. The molecule has 1 N–H and O–H groups in total. The SMILES string of the molecule is CCOC(=O)c1ccc(NC(=O)C(C)(C)c2cccc(Cl)c2)cc1. The molecule has 126 valence electrons. The van der Waals surface area contributed by atoms with Gasteiger partial charge in [0, 0.05) is 10.7 Å². The van der Waals surface area contributed by atoms with Crippen molar-refractivity contribution < 1.29 is 14.3 Å². The Labute approximate surface area is 146 Å². The van der Waals surface area contributed by atoms with Gasteiger partial charge in [-0.05, 0) is 62.7 Å². The van der Waals surface area contributed by atoms with Crippen molar-refractivity contribution in [3.8, 4) is 0 Å². The van der Waals surface area contributed by atoms with Crippen molar-refractivity contribution in [1.82, 2.24) is 0 Å². The number of esters is 1. The molecule has 0 aromatic heterocycles. The molecule has 0 atom stereocenters. The Morgan fingerprint density at radius 2 is 1.79 bits per heavy atom. The molecule has 0 aliphatic rings. The lowest BCUT2D eigenvalue weighted by Crippen LogP contribution is -2.34. The van der Waals surface area contributed by atoms with Crippen LogP contribution >= 0.6 is 11.6 Å². The van der Waals surface area contributed by atoms with Crippen LogP contribution in [0.2, 0.25) is 5.02 Å². The number of halogens is 1. The zero-order valence-corrected chi connectivity index (χ0v) is 14.7. The zero-order valence-electron chi connectivity index (χ0n) is 13.9. The fourth-order valence-electron chi connectivity index (χ4n) is 2.20. The van der Waals surface area contributed by atoms with E-state index in [9.17, 15) is 9.59 Å². The van der Waals surface area contributed by atoms with Crippen LogP contribution < -0.4 is 5.32 Å². The van der Waals surface area contributed by atoms with Crippen molar-refractivity contribution in [3.05, 3.63) is 64.7 Å². The number of rotatable bonds is 5. The van der Waals surface area contributed by atoms with Crippen molar-refractivity contribution in [2.24, 2.45) is 0 Å². The number of carbonyl (C=O) groups is 2. The second-order valence-corrected chi connectivity index (χ2v) is 6.32. The van der Waals surface area contributed by atoms with E-state index >= 15 is 0 Å². The van der Waals surface area contributed by atoms with Gasteiger partial charge in [0.1, 0.15) is 0 Å². The molecule has 5 heteroatoms. The van der Waals surface area contributed by atoms with E-state index < -0.39 is 5.41 Å². The van der Waals surface area contributed by atoms with E-state index in [1.165, 1.54) is 0 Å². The van der Waals surface area contributed by atoms with Crippen LogP contribution in [0.5, 0.6) is 0 Å². The zero-order chi connectivity index (χ0) is 17.7. The lowest BCUT2D eigenvalue weighted by atomic mass is 9.83. The molecule has 24 heavy (non-hydrogen) atoms. The van der Waals surface area contributed by atoms with Crippen LogP contribution in [0.3, 0.4) is 0 Å². The Hall–Kier alpha value is -2.33. The summed E-state index contributed by atoms with van der Waals surface area (Å²) in [5.41, 5.74) is 1.15. The standard InChI is InChI=1S/C19H20ClNO3/c1-4-24-17(22)13-8-10-16(11-9-13)21-18(23)19(2,3)14-6-5-7-15(20)12-14/h5-12H,4H2,1-3H3,(H,21,23). The van der Waals surface area contributed by atoms with E-state index in [2.05, 4.69) is 5.32 Å². The lowest BCUT2D eigenvalue weighted by molar-refractivity contribution is -0.120. The maximum Gasteiger partial charge on any atom is 0.338 e. The number of benzene rings is 2. The normalized spacial score (nSPS) is 11.0. The van der Waals surface area contributed by atoms with E-state index in [4.69, 9.17) is 16.3 Å². The molecular weight excluding hydrogens is 326 g/mol. The second-order valence-electron chi connectivity index (χ2n) is 5.89. The van der Waals surface area contributed by atoms with Crippen LogP contribution in [0.15, 0.2) is 48.5 Å². The van der Waals surface area contributed by atoms with Crippen LogP contribution in [0, 0.1) is 0 Å². The molecule has 0 heterocycles. The predicted octanol–water partition coefficient (Wildman–Crippen LogP) is 4.43. The van der Waals surface area contributed by atoms with E-state index in [1.54, 1.807) is 43.3 Å². The molecule has 0 spiro atoms. The number of hydrogen-bond acceptors (Lipinski definition) is 3. The van der Waals surface area contributed by atoms with Gasteiger partial charge in [-0.3, -0.25) is 4.79 Å². The summed E-state index contributed by atoms with van der Waals surface area (Å²) in [5.74, 6) is -0.539. The summed E-state index contributed by atoms with van der Waals surface area (Å²) in [4.78, 5) is 24.3. The number of hydrogen-bond donors (Lipinski definition) is 1. The molecule has 0 bridgehead atoms. The van der Waals surface area contributed by atoms with Gasteiger partial charge in [-0.25, -0.2) is 4.79 Å². The minimum Gasteiger partial charge on any atom is -0.462 e. The van der Waals surface area contributed by atoms with E-state index in [-0.39, 0.29) is 11.9 Å². The van der Waals surface area contributed by atoms with Gasteiger partial charge < -0.3 is 10.1 Å². The Kier molecular flexibility index (Phi) is 5.62. The Morgan fingerprint density at radius 3 is 2.38 bits per heavy atom. The summed E-state index contributed by atoms with van der Waals surface area (Å²) in [6, 6.07) is 13.9. The molecule has 0 saturated heterocycles. The summed E-state index contributed by atoms with van der Waals surface area (Å²) in [7, 11) is 0. The Balaban J connectivity index is 2.12. The average Bonchev–Trinajstić information content (AvgIpc) is 2.55. The number of anilines is 1. The highest BCUT2D eigenvalue weighted by Crippen LogP contribution is 2.27. The first kappa shape index (κ1) is 18.0. The highest BCUT2D eigenvalue weighted by atomic mass is 35.5. The molecule has 0 aliphatic carbocycles. The average molecular weight is 346 g/mol. The van der Waals surface area contributed by atoms with Gasteiger partial charge in [-0.2, -0.15) is 0 Å². The minimum atomic E-state index is -0.745. The molecule has 2 aromatic carbocycles. The van der Waals surface area contributed by atoms with Crippen LogP contribution in [0.4, 0.5) is 5.69 Å². The van der Waals surface area contributed by atoms with Crippen molar-refractivity contribution in [1.29, 1.82) is 0 Å². The third-order valence-electron chi connectivity index (χ3n) is 3.77. The number of ether oxygens (including phenoxy) is 1. The highest BCUT2D eigenvalue weighted by Gasteiger charge is 2.30. The number of nitrogens with one attached hydrogen (secondary N) is 1. The minimum absolute atomic E-state index is 0.159. The Bertz CT molecular complexity index is 739. The van der Waals surface area contributed by atoms with Gasteiger partial charge >= 0.3 is 5.97 Å². The van der Waals surface area contributed by atoms with Gasteiger partial charge in [0.25, 0.3) is 0 Å². The third-order valence-corrected chi connectivity index (χ3v) is 4.00. The third kappa shape index (κ3) is 4.15. The van der Waals surface area contributed by atoms with Crippen molar-refractivity contribution in [2.75, 3.05) is 11.9 Å². The Morgan fingerprint density at radius 1 is 1.12 bits per heavy atom. The van der Waals surface area contributed by atoms with E-state index in [0.717, 1.165) is 5.56 Å². The van der Waals surface area contributed by atoms with Gasteiger partial charge in [-0.15, -0.1) is 0 Å². The smallest absolute Gasteiger partial charge is 0.338 e. The van der Waals surface area contributed by atoms with Gasteiger partial charge in [0.2, 0.25) is 5.91 Å². The van der Waals surface area contributed by atoms with Gasteiger partial charge in [0.15, 0.2) is 0 Å². The molecule has 1 amide bonds. The van der Waals surface area contributed by atoms with Crippen LogP contribution in [0.1, 0.15) is 36.7 Å². The first-order chi connectivity index (χ1) is 11.3. The van der Waals surface area contributed by atoms with Crippen LogP contribution in [0.25, 0.3) is 0 Å². The summed E-state index contributed by atoms with van der Waals surface area (Å²) >= 11 is 6.01. The summed E-state index contributed by atoms with van der Waals surface area (Å²) < 4.78 is 4.93. The largest absolute Gasteiger partial charge is 0.462 e. The molecule has 0 fully saturated rings. The van der Waals surface area contributed by atoms with Crippen molar-refractivity contribution in [3.63, 3.8) is 0 Å². The summed E-state index contributed by atoms with van der Waals surface area (Å²) in [5, 5.41) is 3.45. The lowest BCUT2D eigenvalue weighted by Gasteiger charge is -2.24. The monoisotopic (exact) mass is 345 g/mol. The molecule has 0 radical (unpaired) electrons. The molecule has 4 nitrogen and oxygen atoms in total. The number of amides is 1. The maximum absolute atomic E-state index is 12.6. The van der Waals surface area contributed by atoms with Gasteiger partial charge in [-0.1, -0.05) is 23.7 Å². The quantitative estimate of drug-likeness (QED) is 0.815. The molecule has 0 aliphatic heterocycles. The molecule has 2 rings (SSSR count). The van der Waals surface area contributed by atoms with Crippen LogP contribution in [-0.2, 0) is 14.9 Å². The maximum atomic E-state index is 12.6. The van der Waals surface area contributed by atoms with E-state index in [0.29, 0.717) is 22.9 Å². The van der Waals surface area contributed by atoms with E-state index in [1.807, 2.05) is 26.0 Å². The topological polar surface area (TPSA) is 55.4 Å². The highest BCUT2D eigenvalue weighted by molar-refractivity contribution is 6.30. The molecule has 0 saturated carbocycles. The fourth-order valence-corrected chi connectivity index (χ4v) is 2.39.